The van der Waals surface area contributed by atoms with Crippen molar-refractivity contribution in [1.29, 1.82) is 0 Å². The number of hydrogen-bond donors (Lipinski definition) is 2. The van der Waals surface area contributed by atoms with Gasteiger partial charge in [-0.25, -0.2) is 9.59 Å². The highest BCUT2D eigenvalue weighted by atomic mass is 16.4. The molecule has 0 unspecified atom stereocenters. The van der Waals surface area contributed by atoms with Crippen molar-refractivity contribution in [3.8, 4) is 0 Å². The first-order valence-corrected chi connectivity index (χ1v) is 6.82. The van der Waals surface area contributed by atoms with Gasteiger partial charge >= 0.3 is 12.0 Å². The Labute approximate surface area is 119 Å². The van der Waals surface area contributed by atoms with Crippen LogP contribution in [0, 0.1) is 0 Å². The van der Waals surface area contributed by atoms with E-state index in [0.29, 0.717) is 5.56 Å². The van der Waals surface area contributed by atoms with Crippen molar-refractivity contribution in [2.45, 2.75) is 38.8 Å². The van der Waals surface area contributed by atoms with Crippen molar-refractivity contribution < 1.29 is 14.7 Å². The zero-order chi connectivity index (χ0) is 15.1. The summed E-state index contributed by atoms with van der Waals surface area (Å²) in [4.78, 5) is 25.0. The van der Waals surface area contributed by atoms with Crippen molar-refractivity contribution in [3.05, 3.63) is 35.9 Å². The molecule has 0 saturated heterocycles. The Morgan fingerprint density at radius 2 is 1.75 bits per heavy atom. The molecule has 0 aliphatic heterocycles. The lowest BCUT2D eigenvalue weighted by atomic mass is 10.1. The monoisotopic (exact) mass is 278 g/mol. The molecule has 0 saturated carbocycles. The third-order valence-electron chi connectivity index (χ3n) is 3.46. The second kappa shape index (κ2) is 7.53. The Bertz CT molecular complexity index is 444. The zero-order valence-corrected chi connectivity index (χ0v) is 12.2. The lowest BCUT2D eigenvalue weighted by molar-refractivity contribution is -0.139. The van der Waals surface area contributed by atoms with E-state index >= 15 is 0 Å². The van der Waals surface area contributed by atoms with Gasteiger partial charge in [0.05, 0.1) is 0 Å². The number of rotatable bonds is 6. The van der Waals surface area contributed by atoms with Crippen LogP contribution in [0.4, 0.5) is 4.79 Å². The molecule has 0 aliphatic rings. The molecule has 5 nitrogen and oxygen atoms in total. The van der Waals surface area contributed by atoms with Gasteiger partial charge in [-0.3, -0.25) is 0 Å². The standard InChI is InChI=1S/C15H22N2O3/c1-4-12(5-2)17(3)15(20)16-13(14(18)19)11-9-7-6-8-10-11/h6-10,12-13H,4-5H2,1-3H3,(H,16,20)(H,18,19)/t13-/m0/s1. The van der Waals surface area contributed by atoms with Gasteiger partial charge in [0.15, 0.2) is 6.04 Å². The number of benzene rings is 1. The molecule has 0 fully saturated rings. The number of aliphatic carboxylic acids is 1. The number of carboxylic acids is 1. The summed E-state index contributed by atoms with van der Waals surface area (Å²) in [6, 6.07) is 7.41. The van der Waals surface area contributed by atoms with Crippen LogP contribution in [0.2, 0.25) is 0 Å². The highest BCUT2D eigenvalue weighted by Gasteiger charge is 2.25. The number of carboxylic acid groups (broad SMARTS) is 1. The van der Waals surface area contributed by atoms with Gasteiger partial charge in [0.2, 0.25) is 0 Å². The Morgan fingerprint density at radius 3 is 2.20 bits per heavy atom. The van der Waals surface area contributed by atoms with Crippen molar-refractivity contribution in [3.63, 3.8) is 0 Å². The van der Waals surface area contributed by atoms with Crippen LogP contribution in [0.15, 0.2) is 30.3 Å². The molecule has 1 aromatic carbocycles. The van der Waals surface area contributed by atoms with Crippen LogP contribution in [0.1, 0.15) is 38.3 Å². The lowest BCUT2D eigenvalue weighted by Gasteiger charge is -2.28. The van der Waals surface area contributed by atoms with E-state index in [9.17, 15) is 14.7 Å². The van der Waals surface area contributed by atoms with Crippen LogP contribution in [0.25, 0.3) is 0 Å². The minimum atomic E-state index is -1.07. The van der Waals surface area contributed by atoms with Gasteiger partial charge in [-0.15, -0.1) is 0 Å². The molecular weight excluding hydrogens is 256 g/mol. The number of carbonyl (C=O) groups is 2. The fraction of sp³-hybridized carbons (Fsp3) is 0.467. The van der Waals surface area contributed by atoms with Gasteiger partial charge in [0.1, 0.15) is 0 Å². The summed E-state index contributed by atoms with van der Waals surface area (Å²) in [6.45, 7) is 4.01. The molecule has 0 aromatic heterocycles. The highest BCUT2D eigenvalue weighted by Crippen LogP contribution is 2.14. The summed E-state index contributed by atoms with van der Waals surface area (Å²) < 4.78 is 0. The smallest absolute Gasteiger partial charge is 0.330 e. The molecule has 1 rings (SSSR count). The maximum Gasteiger partial charge on any atom is 0.330 e. The van der Waals surface area contributed by atoms with Crippen molar-refractivity contribution in [2.24, 2.45) is 0 Å². The molecule has 2 amide bonds. The fourth-order valence-electron chi connectivity index (χ4n) is 2.16. The number of nitrogens with zero attached hydrogens (tertiary/aromatic N) is 1. The minimum Gasteiger partial charge on any atom is -0.479 e. The third kappa shape index (κ3) is 3.98. The van der Waals surface area contributed by atoms with Crippen molar-refractivity contribution in [2.75, 3.05) is 7.05 Å². The maximum absolute atomic E-state index is 12.1. The van der Waals surface area contributed by atoms with Crippen molar-refractivity contribution >= 4 is 12.0 Å². The van der Waals surface area contributed by atoms with E-state index in [2.05, 4.69) is 5.32 Å². The van der Waals surface area contributed by atoms with Gasteiger partial charge in [-0.2, -0.15) is 0 Å². The van der Waals surface area contributed by atoms with E-state index in [0.717, 1.165) is 12.8 Å². The molecule has 1 atom stereocenters. The lowest BCUT2D eigenvalue weighted by Crippen LogP contribution is -2.46. The second-order valence-electron chi connectivity index (χ2n) is 4.71. The van der Waals surface area contributed by atoms with Gasteiger partial charge in [0.25, 0.3) is 0 Å². The van der Waals surface area contributed by atoms with Crippen LogP contribution in [-0.4, -0.2) is 35.1 Å². The molecule has 5 heteroatoms. The Hall–Kier alpha value is -2.04. The Morgan fingerprint density at radius 1 is 1.20 bits per heavy atom. The summed E-state index contributed by atoms with van der Waals surface area (Å²) in [5, 5.41) is 11.8. The summed E-state index contributed by atoms with van der Waals surface area (Å²) in [7, 11) is 1.69. The van der Waals surface area contributed by atoms with Gasteiger partial charge in [-0.1, -0.05) is 44.2 Å². The number of amides is 2. The van der Waals surface area contributed by atoms with Crippen LogP contribution in [0.5, 0.6) is 0 Å². The summed E-state index contributed by atoms with van der Waals surface area (Å²) >= 11 is 0. The maximum atomic E-state index is 12.1. The van der Waals surface area contributed by atoms with E-state index in [1.807, 2.05) is 13.8 Å². The molecule has 0 heterocycles. The van der Waals surface area contributed by atoms with Gasteiger partial charge in [-0.05, 0) is 18.4 Å². The number of carbonyl (C=O) groups excluding carboxylic acids is 1. The number of hydrogen-bond acceptors (Lipinski definition) is 2. The minimum absolute atomic E-state index is 0.111. The molecule has 2 N–H and O–H groups in total. The normalized spacial score (nSPS) is 12.0. The second-order valence-corrected chi connectivity index (χ2v) is 4.71. The van der Waals surface area contributed by atoms with Crippen LogP contribution >= 0.6 is 0 Å². The van der Waals surface area contributed by atoms with Gasteiger partial charge in [0, 0.05) is 13.1 Å². The molecular formula is C15H22N2O3. The van der Waals surface area contributed by atoms with Crippen LogP contribution in [-0.2, 0) is 4.79 Å². The van der Waals surface area contributed by atoms with Gasteiger partial charge < -0.3 is 15.3 Å². The van der Waals surface area contributed by atoms with E-state index in [-0.39, 0.29) is 12.1 Å². The molecule has 20 heavy (non-hydrogen) atoms. The topological polar surface area (TPSA) is 69.6 Å². The molecule has 1 aromatic rings. The first-order chi connectivity index (χ1) is 9.51. The molecule has 110 valence electrons. The average Bonchev–Trinajstić information content (AvgIpc) is 2.46. The largest absolute Gasteiger partial charge is 0.479 e. The quantitative estimate of drug-likeness (QED) is 0.840. The molecule has 0 spiro atoms. The summed E-state index contributed by atoms with van der Waals surface area (Å²) in [5.41, 5.74) is 0.561. The zero-order valence-electron chi connectivity index (χ0n) is 12.2. The summed E-state index contributed by atoms with van der Waals surface area (Å²) in [6.07, 6.45) is 1.67. The molecule has 0 radical (unpaired) electrons. The first-order valence-electron chi connectivity index (χ1n) is 6.82. The van der Waals surface area contributed by atoms with E-state index < -0.39 is 12.0 Å². The SMILES string of the molecule is CCC(CC)N(C)C(=O)N[C@H](C(=O)O)c1ccccc1. The Balaban J connectivity index is 2.82. The fourth-order valence-corrected chi connectivity index (χ4v) is 2.16. The predicted octanol–water partition coefficient (Wildman–Crippen LogP) is 2.64. The number of nitrogens with one attached hydrogen (secondary N) is 1. The van der Waals surface area contributed by atoms with E-state index in [1.54, 1.807) is 42.3 Å². The van der Waals surface area contributed by atoms with E-state index in [4.69, 9.17) is 0 Å². The van der Waals surface area contributed by atoms with E-state index in [1.165, 1.54) is 0 Å². The molecule has 0 aliphatic carbocycles. The number of urea groups is 1. The first kappa shape index (κ1) is 16.0. The predicted molar refractivity (Wildman–Crippen MR) is 77.5 cm³/mol. The Kier molecular flexibility index (Phi) is 6.03. The molecule has 0 bridgehead atoms. The third-order valence-corrected chi connectivity index (χ3v) is 3.46. The average molecular weight is 278 g/mol. The highest BCUT2D eigenvalue weighted by molar-refractivity contribution is 5.83. The van der Waals surface area contributed by atoms with Crippen molar-refractivity contribution in [1.82, 2.24) is 10.2 Å². The summed E-state index contributed by atoms with van der Waals surface area (Å²) in [5.74, 6) is -1.07. The van der Waals surface area contributed by atoms with Crippen LogP contribution in [0.3, 0.4) is 0 Å². The van der Waals surface area contributed by atoms with Crippen LogP contribution < -0.4 is 5.32 Å².